The Kier molecular flexibility index (Phi) is 6.10. The van der Waals surface area contributed by atoms with Gasteiger partial charge in [0.05, 0.1) is 0 Å². The van der Waals surface area contributed by atoms with Gasteiger partial charge < -0.3 is 5.32 Å². The highest BCUT2D eigenvalue weighted by Gasteiger charge is 2.14. The molecule has 0 aliphatic heterocycles. The SMILES string of the molecule is CCCNC(Cc1ccccc1Cl)c1ccc(C)c(Cl)c1. The van der Waals surface area contributed by atoms with E-state index >= 15 is 0 Å². The van der Waals surface area contributed by atoms with E-state index in [4.69, 9.17) is 23.2 Å². The molecule has 0 heterocycles. The molecule has 0 aromatic heterocycles. The van der Waals surface area contributed by atoms with Crippen molar-refractivity contribution in [1.82, 2.24) is 5.32 Å². The Balaban J connectivity index is 2.25. The van der Waals surface area contributed by atoms with Crippen molar-refractivity contribution in [3.63, 3.8) is 0 Å². The average Bonchev–Trinajstić information content (AvgIpc) is 2.48. The van der Waals surface area contributed by atoms with Gasteiger partial charge in [0.15, 0.2) is 0 Å². The molecule has 1 atom stereocenters. The summed E-state index contributed by atoms with van der Waals surface area (Å²) in [7, 11) is 0. The van der Waals surface area contributed by atoms with Crippen molar-refractivity contribution in [3.8, 4) is 0 Å². The number of rotatable bonds is 6. The number of hydrogen-bond acceptors (Lipinski definition) is 1. The van der Waals surface area contributed by atoms with Gasteiger partial charge >= 0.3 is 0 Å². The summed E-state index contributed by atoms with van der Waals surface area (Å²) in [5, 5.41) is 5.22. The first kappa shape index (κ1) is 16.4. The summed E-state index contributed by atoms with van der Waals surface area (Å²) in [6.45, 7) is 5.16. The van der Waals surface area contributed by atoms with Crippen molar-refractivity contribution < 1.29 is 0 Å². The van der Waals surface area contributed by atoms with Crippen LogP contribution >= 0.6 is 23.2 Å². The van der Waals surface area contributed by atoms with Crippen molar-refractivity contribution in [2.75, 3.05) is 6.54 Å². The zero-order valence-corrected chi connectivity index (χ0v) is 14.0. The normalized spacial score (nSPS) is 12.4. The molecule has 0 spiro atoms. The van der Waals surface area contributed by atoms with E-state index in [-0.39, 0.29) is 6.04 Å². The topological polar surface area (TPSA) is 12.0 Å². The summed E-state index contributed by atoms with van der Waals surface area (Å²) in [5.41, 5.74) is 3.47. The Bertz CT molecular complexity index is 596. The summed E-state index contributed by atoms with van der Waals surface area (Å²) in [6, 6.07) is 14.5. The molecule has 2 rings (SSSR count). The molecule has 1 N–H and O–H groups in total. The van der Waals surface area contributed by atoms with Crippen molar-refractivity contribution in [2.24, 2.45) is 0 Å². The van der Waals surface area contributed by atoms with E-state index in [1.54, 1.807) is 0 Å². The van der Waals surface area contributed by atoms with Crippen molar-refractivity contribution in [3.05, 3.63) is 69.2 Å². The van der Waals surface area contributed by atoms with Crippen molar-refractivity contribution >= 4 is 23.2 Å². The molecule has 2 aromatic rings. The summed E-state index contributed by atoms with van der Waals surface area (Å²) in [5.74, 6) is 0. The summed E-state index contributed by atoms with van der Waals surface area (Å²) >= 11 is 12.6. The van der Waals surface area contributed by atoms with Gasteiger partial charge in [-0.15, -0.1) is 0 Å². The second-order valence-electron chi connectivity index (χ2n) is 5.31. The molecule has 1 nitrogen and oxygen atoms in total. The maximum Gasteiger partial charge on any atom is 0.0438 e. The van der Waals surface area contributed by atoms with Crippen LogP contribution in [0.2, 0.25) is 10.0 Å². The van der Waals surface area contributed by atoms with Crippen LogP contribution in [0.3, 0.4) is 0 Å². The molecular weight excluding hydrogens is 301 g/mol. The van der Waals surface area contributed by atoms with Crippen LogP contribution < -0.4 is 5.32 Å². The van der Waals surface area contributed by atoms with Gasteiger partial charge in [-0.2, -0.15) is 0 Å². The molecule has 0 amide bonds. The molecule has 0 aliphatic carbocycles. The molecule has 21 heavy (non-hydrogen) atoms. The Hall–Kier alpha value is -1.02. The minimum absolute atomic E-state index is 0.225. The Morgan fingerprint density at radius 2 is 1.81 bits per heavy atom. The van der Waals surface area contributed by atoms with Crippen LogP contribution in [0, 0.1) is 6.92 Å². The van der Waals surface area contributed by atoms with E-state index in [0.717, 1.165) is 40.6 Å². The highest BCUT2D eigenvalue weighted by molar-refractivity contribution is 6.31. The number of benzene rings is 2. The monoisotopic (exact) mass is 321 g/mol. The first-order valence-electron chi connectivity index (χ1n) is 7.34. The molecule has 0 fully saturated rings. The zero-order valence-electron chi connectivity index (χ0n) is 12.5. The van der Waals surface area contributed by atoms with E-state index in [1.807, 2.05) is 25.1 Å². The van der Waals surface area contributed by atoms with Crippen LogP contribution in [0.15, 0.2) is 42.5 Å². The minimum atomic E-state index is 0.225. The summed E-state index contributed by atoms with van der Waals surface area (Å²) in [4.78, 5) is 0. The van der Waals surface area contributed by atoms with Gasteiger partial charge in [-0.3, -0.25) is 0 Å². The lowest BCUT2D eigenvalue weighted by molar-refractivity contribution is 0.529. The van der Waals surface area contributed by atoms with E-state index < -0.39 is 0 Å². The van der Waals surface area contributed by atoms with Gasteiger partial charge in [0.1, 0.15) is 0 Å². The number of nitrogens with one attached hydrogen (secondary N) is 1. The van der Waals surface area contributed by atoms with Gasteiger partial charge in [-0.25, -0.2) is 0 Å². The van der Waals surface area contributed by atoms with E-state index in [1.165, 1.54) is 5.56 Å². The second kappa shape index (κ2) is 7.84. The third-order valence-corrected chi connectivity index (χ3v) is 4.40. The fourth-order valence-corrected chi connectivity index (χ4v) is 2.74. The molecule has 112 valence electrons. The number of halogens is 2. The van der Waals surface area contributed by atoms with Crippen LogP contribution in [0.4, 0.5) is 0 Å². The molecule has 0 saturated heterocycles. The predicted octanol–water partition coefficient (Wildman–Crippen LogP) is 5.59. The lowest BCUT2D eigenvalue weighted by Gasteiger charge is -2.20. The first-order chi connectivity index (χ1) is 10.1. The molecule has 3 heteroatoms. The molecule has 0 bridgehead atoms. The lowest BCUT2D eigenvalue weighted by Crippen LogP contribution is -2.24. The van der Waals surface area contributed by atoms with E-state index in [2.05, 4.69) is 36.5 Å². The number of hydrogen-bond donors (Lipinski definition) is 1. The third kappa shape index (κ3) is 4.47. The zero-order chi connectivity index (χ0) is 15.2. The highest BCUT2D eigenvalue weighted by Crippen LogP contribution is 2.26. The smallest absolute Gasteiger partial charge is 0.0438 e. The van der Waals surface area contributed by atoms with Crippen LogP contribution in [0.5, 0.6) is 0 Å². The Labute approximate surface area is 137 Å². The van der Waals surface area contributed by atoms with Crippen LogP contribution in [0.25, 0.3) is 0 Å². The quantitative estimate of drug-likeness (QED) is 0.731. The van der Waals surface area contributed by atoms with Gasteiger partial charge in [-0.05, 0) is 55.1 Å². The Morgan fingerprint density at radius 1 is 1.05 bits per heavy atom. The number of aryl methyl sites for hydroxylation is 1. The summed E-state index contributed by atoms with van der Waals surface area (Å²) in [6.07, 6.45) is 1.96. The van der Waals surface area contributed by atoms with Crippen LogP contribution in [0.1, 0.15) is 36.1 Å². The Morgan fingerprint density at radius 3 is 2.48 bits per heavy atom. The van der Waals surface area contributed by atoms with Gasteiger partial charge in [0.25, 0.3) is 0 Å². The molecular formula is C18H21Cl2N. The average molecular weight is 322 g/mol. The minimum Gasteiger partial charge on any atom is -0.310 e. The molecule has 1 unspecified atom stereocenters. The third-order valence-electron chi connectivity index (χ3n) is 3.62. The molecule has 2 aromatic carbocycles. The van der Waals surface area contributed by atoms with E-state index in [0.29, 0.717) is 0 Å². The van der Waals surface area contributed by atoms with Gasteiger partial charge in [0.2, 0.25) is 0 Å². The predicted molar refractivity (Wildman–Crippen MR) is 92.4 cm³/mol. The molecule has 0 aliphatic rings. The lowest BCUT2D eigenvalue weighted by atomic mass is 9.97. The fraction of sp³-hybridized carbons (Fsp3) is 0.333. The first-order valence-corrected chi connectivity index (χ1v) is 8.10. The molecule has 0 saturated carbocycles. The van der Waals surface area contributed by atoms with Crippen molar-refractivity contribution in [2.45, 2.75) is 32.7 Å². The maximum atomic E-state index is 6.29. The second-order valence-corrected chi connectivity index (χ2v) is 6.13. The van der Waals surface area contributed by atoms with Gasteiger partial charge in [-0.1, -0.05) is 60.5 Å². The standard InChI is InChI=1S/C18H21Cl2N/c1-3-10-21-18(12-14-6-4-5-7-16(14)19)15-9-8-13(2)17(20)11-15/h4-9,11,18,21H,3,10,12H2,1-2H3. The molecule has 0 radical (unpaired) electrons. The highest BCUT2D eigenvalue weighted by atomic mass is 35.5. The fourth-order valence-electron chi connectivity index (χ4n) is 2.34. The van der Waals surface area contributed by atoms with E-state index in [9.17, 15) is 0 Å². The maximum absolute atomic E-state index is 6.29. The van der Waals surface area contributed by atoms with Crippen LogP contribution in [-0.2, 0) is 6.42 Å². The van der Waals surface area contributed by atoms with Crippen molar-refractivity contribution in [1.29, 1.82) is 0 Å². The van der Waals surface area contributed by atoms with Gasteiger partial charge in [0, 0.05) is 16.1 Å². The largest absolute Gasteiger partial charge is 0.310 e. The summed E-state index contributed by atoms with van der Waals surface area (Å²) < 4.78 is 0. The van der Waals surface area contributed by atoms with Crippen LogP contribution in [-0.4, -0.2) is 6.54 Å².